The highest BCUT2D eigenvalue weighted by molar-refractivity contribution is 6.29. The van der Waals surface area contributed by atoms with E-state index < -0.39 is 0 Å². The molecular formula is C12H20ClNO2. The molecule has 0 aromatic carbocycles. The average Bonchev–Trinajstić information content (AvgIpc) is 2.70. The van der Waals surface area contributed by atoms with E-state index in [2.05, 4.69) is 19.2 Å². The monoisotopic (exact) mass is 245 g/mol. The van der Waals surface area contributed by atoms with Crippen LogP contribution in [0.25, 0.3) is 0 Å². The van der Waals surface area contributed by atoms with Crippen LogP contribution in [-0.4, -0.2) is 19.8 Å². The molecule has 1 aromatic heterocycles. The lowest BCUT2D eigenvalue weighted by molar-refractivity contribution is 0.112. The average molecular weight is 246 g/mol. The van der Waals surface area contributed by atoms with Gasteiger partial charge in [-0.3, -0.25) is 0 Å². The van der Waals surface area contributed by atoms with Gasteiger partial charge in [0.05, 0.1) is 18.9 Å². The first-order chi connectivity index (χ1) is 7.79. The molecule has 0 spiro atoms. The highest BCUT2D eigenvalue weighted by atomic mass is 35.5. The van der Waals surface area contributed by atoms with Crippen molar-refractivity contribution in [3.05, 3.63) is 23.1 Å². The Morgan fingerprint density at radius 3 is 2.81 bits per heavy atom. The molecule has 1 unspecified atom stereocenters. The highest BCUT2D eigenvalue weighted by Crippen LogP contribution is 2.24. The first kappa shape index (κ1) is 13.6. The van der Waals surface area contributed by atoms with Gasteiger partial charge < -0.3 is 14.5 Å². The van der Waals surface area contributed by atoms with Gasteiger partial charge >= 0.3 is 0 Å². The summed E-state index contributed by atoms with van der Waals surface area (Å²) in [6.45, 7) is 6.59. The van der Waals surface area contributed by atoms with Crippen molar-refractivity contribution in [2.24, 2.45) is 0 Å². The first-order valence-electron chi connectivity index (χ1n) is 5.83. The van der Waals surface area contributed by atoms with Gasteiger partial charge in [-0.1, -0.05) is 13.8 Å². The van der Waals surface area contributed by atoms with Gasteiger partial charge in [-0.2, -0.15) is 0 Å². The van der Waals surface area contributed by atoms with Crippen LogP contribution in [0.15, 0.2) is 16.7 Å². The van der Waals surface area contributed by atoms with Crippen LogP contribution in [0.1, 0.15) is 38.3 Å². The molecule has 1 rings (SSSR count). The second-order valence-electron chi connectivity index (χ2n) is 3.73. The van der Waals surface area contributed by atoms with E-state index in [1.54, 1.807) is 6.26 Å². The van der Waals surface area contributed by atoms with E-state index >= 15 is 0 Å². The smallest absolute Gasteiger partial charge is 0.197 e. The lowest BCUT2D eigenvalue weighted by atomic mass is 10.1. The topological polar surface area (TPSA) is 34.4 Å². The Morgan fingerprint density at radius 1 is 1.44 bits per heavy atom. The molecule has 1 aromatic rings. The number of furan rings is 1. The number of nitrogens with one attached hydrogen (secondary N) is 1. The maximum atomic E-state index is 5.96. The molecule has 4 heteroatoms. The van der Waals surface area contributed by atoms with Crippen molar-refractivity contribution >= 4 is 11.6 Å². The normalized spacial score (nSPS) is 12.9. The zero-order chi connectivity index (χ0) is 11.8. The number of hydrogen-bond donors (Lipinski definition) is 1. The van der Waals surface area contributed by atoms with Crippen LogP contribution in [0, 0.1) is 0 Å². The van der Waals surface area contributed by atoms with Crippen LogP contribution in [0.4, 0.5) is 0 Å². The van der Waals surface area contributed by atoms with E-state index in [9.17, 15) is 0 Å². The van der Waals surface area contributed by atoms with E-state index in [1.165, 1.54) is 0 Å². The van der Waals surface area contributed by atoms with Crippen LogP contribution < -0.4 is 5.32 Å². The third-order valence-electron chi connectivity index (χ3n) is 2.30. The Bertz CT molecular complexity index is 288. The second-order valence-corrected chi connectivity index (χ2v) is 4.07. The quantitative estimate of drug-likeness (QED) is 0.713. The number of halogens is 1. The van der Waals surface area contributed by atoms with Crippen molar-refractivity contribution in [2.75, 3.05) is 19.8 Å². The molecule has 0 aliphatic rings. The highest BCUT2D eigenvalue weighted by Gasteiger charge is 2.16. The molecule has 0 amide bonds. The summed E-state index contributed by atoms with van der Waals surface area (Å²) in [7, 11) is 0. The molecule has 0 fully saturated rings. The van der Waals surface area contributed by atoms with Crippen LogP contribution in [0.5, 0.6) is 0 Å². The largest absolute Gasteiger partial charge is 0.453 e. The fourth-order valence-electron chi connectivity index (χ4n) is 1.48. The van der Waals surface area contributed by atoms with E-state index in [-0.39, 0.29) is 6.04 Å². The predicted octanol–water partition coefficient (Wildman–Crippen LogP) is 3.40. The fourth-order valence-corrected chi connectivity index (χ4v) is 1.72. The van der Waals surface area contributed by atoms with Crippen molar-refractivity contribution in [2.45, 2.75) is 32.7 Å². The van der Waals surface area contributed by atoms with Gasteiger partial charge in [-0.05, 0) is 37.1 Å². The zero-order valence-corrected chi connectivity index (χ0v) is 10.7. The van der Waals surface area contributed by atoms with Crippen molar-refractivity contribution in [3.8, 4) is 0 Å². The second kappa shape index (κ2) is 7.71. The minimum Gasteiger partial charge on any atom is -0.453 e. The van der Waals surface area contributed by atoms with Crippen molar-refractivity contribution in [1.29, 1.82) is 0 Å². The summed E-state index contributed by atoms with van der Waals surface area (Å²) < 4.78 is 10.7. The lowest BCUT2D eigenvalue weighted by Gasteiger charge is -2.17. The van der Waals surface area contributed by atoms with Crippen LogP contribution in [0.3, 0.4) is 0 Å². The molecule has 0 aliphatic heterocycles. The van der Waals surface area contributed by atoms with Gasteiger partial charge in [-0.15, -0.1) is 0 Å². The SMILES string of the molecule is CCCNC(COCCC)c1ccoc1Cl. The molecule has 1 atom stereocenters. The summed E-state index contributed by atoms with van der Waals surface area (Å²) in [6, 6.07) is 2.02. The third-order valence-corrected chi connectivity index (χ3v) is 2.60. The summed E-state index contributed by atoms with van der Waals surface area (Å²) in [6.07, 6.45) is 3.72. The molecule has 1 heterocycles. The molecular weight excluding hydrogens is 226 g/mol. The first-order valence-corrected chi connectivity index (χ1v) is 6.21. The maximum Gasteiger partial charge on any atom is 0.197 e. The van der Waals surface area contributed by atoms with Crippen LogP contribution >= 0.6 is 11.6 Å². The van der Waals surface area contributed by atoms with E-state index in [0.717, 1.165) is 31.6 Å². The van der Waals surface area contributed by atoms with Gasteiger partial charge in [0.15, 0.2) is 5.22 Å². The Morgan fingerprint density at radius 2 is 2.25 bits per heavy atom. The van der Waals surface area contributed by atoms with Gasteiger partial charge in [-0.25, -0.2) is 0 Å². The minimum atomic E-state index is 0.123. The number of rotatable bonds is 8. The van der Waals surface area contributed by atoms with Gasteiger partial charge in [0.25, 0.3) is 0 Å². The summed E-state index contributed by atoms with van der Waals surface area (Å²) in [5, 5.41) is 3.85. The molecule has 0 saturated heterocycles. The summed E-state index contributed by atoms with van der Waals surface area (Å²) >= 11 is 5.96. The molecule has 1 N–H and O–H groups in total. The van der Waals surface area contributed by atoms with Crippen molar-refractivity contribution in [1.82, 2.24) is 5.32 Å². The van der Waals surface area contributed by atoms with Gasteiger partial charge in [0.1, 0.15) is 0 Å². The van der Waals surface area contributed by atoms with E-state index in [0.29, 0.717) is 11.8 Å². The van der Waals surface area contributed by atoms with Crippen molar-refractivity contribution < 1.29 is 9.15 Å². The summed E-state index contributed by atoms with van der Waals surface area (Å²) in [5.74, 6) is 0. The van der Waals surface area contributed by atoms with Crippen LogP contribution in [0.2, 0.25) is 5.22 Å². The Kier molecular flexibility index (Phi) is 6.53. The Hall–Kier alpha value is -0.510. The van der Waals surface area contributed by atoms with Crippen molar-refractivity contribution in [3.63, 3.8) is 0 Å². The number of ether oxygens (including phenoxy) is 1. The molecule has 0 radical (unpaired) electrons. The molecule has 0 aliphatic carbocycles. The third kappa shape index (κ3) is 4.16. The molecule has 0 saturated carbocycles. The zero-order valence-electron chi connectivity index (χ0n) is 9.96. The lowest BCUT2D eigenvalue weighted by Crippen LogP contribution is -2.26. The van der Waals surface area contributed by atoms with Crippen LogP contribution in [-0.2, 0) is 4.74 Å². The Labute approximate surface area is 102 Å². The van der Waals surface area contributed by atoms with Gasteiger partial charge in [0.2, 0.25) is 0 Å². The maximum absolute atomic E-state index is 5.96. The standard InChI is InChI=1S/C12H20ClNO2/c1-3-6-14-11(9-15-7-4-2)10-5-8-16-12(10)13/h5,8,11,14H,3-4,6-7,9H2,1-2H3. The number of hydrogen-bond acceptors (Lipinski definition) is 3. The molecule has 0 bridgehead atoms. The van der Waals surface area contributed by atoms with E-state index in [4.69, 9.17) is 20.8 Å². The van der Waals surface area contributed by atoms with Gasteiger partial charge in [0, 0.05) is 12.2 Å². The minimum absolute atomic E-state index is 0.123. The predicted molar refractivity (Wildman–Crippen MR) is 65.9 cm³/mol. The molecule has 3 nitrogen and oxygen atoms in total. The molecule has 92 valence electrons. The van der Waals surface area contributed by atoms with E-state index in [1.807, 2.05) is 6.07 Å². The summed E-state index contributed by atoms with van der Waals surface area (Å²) in [5.41, 5.74) is 0.978. The Balaban J connectivity index is 2.53. The molecule has 16 heavy (non-hydrogen) atoms. The fraction of sp³-hybridized carbons (Fsp3) is 0.667. The summed E-state index contributed by atoms with van der Waals surface area (Å²) in [4.78, 5) is 0.